The van der Waals surface area contributed by atoms with E-state index in [2.05, 4.69) is 24.3 Å². The van der Waals surface area contributed by atoms with Gasteiger partial charge in [-0.05, 0) is 0 Å². The Balaban J connectivity index is 2.78. The zero-order valence-electron chi connectivity index (χ0n) is 7.80. The lowest BCUT2D eigenvalue weighted by Gasteiger charge is -2.38. The van der Waals surface area contributed by atoms with E-state index in [0.717, 1.165) is 0 Å². The Morgan fingerprint density at radius 1 is 0.938 bits per heavy atom. The van der Waals surface area contributed by atoms with E-state index in [4.69, 9.17) is 21.0 Å². The average molecular weight is 246 g/mol. The van der Waals surface area contributed by atoms with Gasteiger partial charge in [0.15, 0.2) is 18.3 Å². The van der Waals surface area contributed by atoms with Crippen molar-refractivity contribution in [2.75, 3.05) is 6.61 Å². The number of halogens is 1. The van der Waals surface area contributed by atoms with Crippen molar-refractivity contribution < 1.29 is 49.7 Å². The molecule has 0 aromatic carbocycles. The van der Waals surface area contributed by atoms with Gasteiger partial charge in [0.2, 0.25) is 6.36 Å². The molecule has 0 unspecified atom stereocenters. The lowest BCUT2D eigenvalue weighted by molar-refractivity contribution is -0.450. The van der Waals surface area contributed by atoms with Crippen LogP contribution in [0.5, 0.6) is 0 Å². The van der Waals surface area contributed by atoms with Gasteiger partial charge < -0.3 is 4.74 Å². The first-order valence-electron chi connectivity index (χ1n) is 4.16. The second-order valence-corrected chi connectivity index (χ2v) is 3.03. The van der Waals surface area contributed by atoms with Crippen LogP contribution in [0, 0.1) is 0 Å². The van der Waals surface area contributed by atoms with E-state index in [1.165, 1.54) is 0 Å². The molecule has 9 nitrogen and oxygen atoms in total. The van der Waals surface area contributed by atoms with Crippen LogP contribution in [0.3, 0.4) is 0 Å². The minimum Gasteiger partial charge on any atom is -0.337 e. The summed E-state index contributed by atoms with van der Waals surface area (Å²) < 4.78 is 17.7. The predicted octanol–water partition coefficient (Wildman–Crippen LogP) is -0.255. The molecule has 0 radical (unpaired) electrons. The van der Waals surface area contributed by atoms with Crippen molar-refractivity contribution >= 4 is 0 Å². The van der Waals surface area contributed by atoms with Gasteiger partial charge in [-0.3, -0.25) is 21.0 Å². The quantitative estimate of drug-likeness (QED) is 0.383. The summed E-state index contributed by atoms with van der Waals surface area (Å²) in [6.45, 7) is -0.552. The Morgan fingerprint density at radius 3 is 1.94 bits per heavy atom. The van der Waals surface area contributed by atoms with Crippen molar-refractivity contribution in [2.24, 2.45) is 0 Å². The van der Waals surface area contributed by atoms with Crippen LogP contribution in [0.4, 0.5) is 4.39 Å². The molecule has 1 saturated heterocycles. The molecule has 1 heterocycles. The molecule has 1 rings (SSSR count). The van der Waals surface area contributed by atoms with E-state index in [-0.39, 0.29) is 0 Å². The maximum Gasteiger partial charge on any atom is 0.231 e. The molecule has 0 spiro atoms. The van der Waals surface area contributed by atoms with Crippen LogP contribution in [0.1, 0.15) is 0 Å². The summed E-state index contributed by atoms with van der Waals surface area (Å²) in [5, 5.41) is 33.6. The molecule has 16 heavy (non-hydrogen) atoms. The molecule has 4 N–H and O–H groups in total. The first kappa shape index (κ1) is 13.6. The van der Waals surface area contributed by atoms with Crippen LogP contribution in [0.15, 0.2) is 0 Å². The van der Waals surface area contributed by atoms with Crippen LogP contribution >= 0.6 is 0 Å². The molecule has 1 fully saturated rings. The first-order valence-corrected chi connectivity index (χ1v) is 4.16. The topological polar surface area (TPSA) is 127 Å². The summed E-state index contributed by atoms with van der Waals surface area (Å²) in [6.07, 6.45) is -8.17. The second kappa shape index (κ2) is 6.34. The smallest absolute Gasteiger partial charge is 0.231 e. The van der Waals surface area contributed by atoms with Crippen molar-refractivity contribution in [1.82, 2.24) is 0 Å². The number of hydrogen-bond acceptors (Lipinski definition) is 9. The molecule has 96 valence electrons. The van der Waals surface area contributed by atoms with Crippen LogP contribution in [0.2, 0.25) is 0 Å². The summed E-state index contributed by atoms with van der Waals surface area (Å²) in [7, 11) is 0. The van der Waals surface area contributed by atoms with E-state index in [9.17, 15) is 4.39 Å². The normalized spacial score (nSPS) is 39.9. The van der Waals surface area contributed by atoms with Gasteiger partial charge in [-0.2, -0.15) is 0 Å². The molecule has 0 aromatic rings. The number of rotatable bonds is 5. The average Bonchev–Trinajstić information content (AvgIpc) is 2.28. The van der Waals surface area contributed by atoms with Crippen molar-refractivity contribution in [1.29, 1.82) is 0 Å². The van der Waals surface area contributed by atoms with Gasteiger partial charge in [0, 0.05) is 0 Å². The Bertz CT molecular complexity index is 204. The minimum absolute atomic E-state index is 0.552. The molecule has 0 amide bonds. The largest absolute Gasteiger partial charge is 0.337 e. The Kier molecular flexibility index (Phi) is 5.40. The fraction of sp³-hybridized carbons (Fsp3) is 1.00. The van der Waals surface area contributed by atoms with Gasteiger partial charge in [0.05, 0.1) is 0 Å². The van der Waals surface area contributed by atoms with Crippen LogP contribution < -0.4 is 0 Å². The highest BCUT2D eigenvalue weighted by Crippen LogP contribution is 2.27. The van der Waals surface area contributed by atoms with Gasteiger partial charge >= 0.3 is 0 Å². The molecular formula is C6H11FO9. The molecule has 0 saturated carbocycles. The maximum atomic E-state index is 13.2. The lowest BCUT2D eigenvalue weighted by atomic mass is 10.00. The summed E-state index contributed by atoms with van der Waals surface area (Å²) in [4.78, 5) is 15.1. The van der Waals surface area contributed by atoms with Gasteiger partial charge in [-0.15, -0.1) is 0 Å². The molecular weight excluding hydrogens is 235 g/mol. The Morgan fingerprint density at radius 2 is 1.50 bits per heavy atom. The van der Waals surface area contributed by atoms with E-state index in [1.54, 1.807) is 0 Å². The third kappa shape index (κ3) is 2.63. The monoisotopic (exact) mass is 246 g/mol. The molecule has 1 aliphatic heterocycles. The van der Waals surface area contributed by atoms with Gasteiger partial charge in [-0.1, -0.05) is 0 Å². The van der Waals surface area contributed by atoms with Crippen molar-refractivity contribution in [3.63, 3.8) is 0 Å². The van der Waals surface area contributed by atoms with E-state index < -0.39 is 37.4 Å². The fourth-order valence-electron chi connectivity index (χ4n) is 1.43. The maximum absolute atomic E-state index is 13.2. The molecule has 0 bridgehead atoms. The first-order chi connectivity index (χ1) is 7.69. The lowest BCUT2D eigenvalue weighted by Crippen LogP contribution is -2.59. The molecule has 0 aromatic heterocycles. The summed E-state index contributed by atoms with van der Waals surface area (Å²) in [5.41, 5.74) is 0. The standard InChI is InChI=1S/C6H11FO9/c7-6-5(16-11)4(15-10)3(14-9)2(13-6)1-12-8/h2-6,8-11H,1H2/t2-,3-,4+,5+,6+/m1/s1. The van der Waals surface area contributed by atoms with Crippen molar-refractivity contribution in [3.8, 4) is 0 Å². The van der Waals surface area contributed by atoms with Gasteiger partial charge in [0.1, 0.15) is 12.7 Å². The molecule has 0 aliphatic carbocycles. The van der Waals surface area contributed by atoms with Crippen LogP contribution in [-0.4, -0.2) is 58.4 Å². The van der Waals surface area contributed by atoms with Crippen molar-refractivity contribution in [2.45, 2.75) is 30.8 Å². The Hall–Kier alpha value is -0.430. The highest BCUT2D eigenvalue weighted by Gasteiger charge is 2.50. The van der Waals surface area contributed by atoms with E-state index >= 15 is 0 Å². The minimum atomic E-state index is -2.17. The number of hydrogen-bond donors (Lipinski definition) is 4. The predicted molar refractivity (Wildman–Crippen MR) is 40.9 cm³/mol. The zero-order chi connectivity index (χ0) is 12.1. The van der Waals surface area contributed by atoms with E-state index in [1.807, 2.05) is 0 Å². The third-order valence-electron chi connectivity index (χ3n) is 2.18. The zero-order valence-corrected chi connectivity index (χ0v) is 7.80. The van der Waals surface area contributed by atoms with Crippen LogP contribution in [-0.2, 0) is 24.3 Å². The van der Waals surface area contributed by atoms with Crippen LogP contribution in [0.25, 0.3) is 0 Å². The fourth-order valence-corrected chi connectivity index (χ4v) is 1.43. The van der Waals surface area contributed by atoms with E-state index in [0.29, 0.717) is 0 Å². The SMILES string of the molecule is OOC[C@H]1O[C@H](F)[C@@H](OO)[C@@H](OO)[C@@H]1OO. The second-order valence-electron chi connectivity index (χ2n) is 3.03. The number of alkyl halides is 1. The summed E-state index contributed by atoms with van der Waals surface area (Å²) >= 11 is 0. The highest BCUT2D eigenvalue weighted by molar-refractivity contribution is 4.90. The molecule has 10 heteroatoms. The third-order valence-corrected chi connectivity index (χ3v) is 2.18. The number of ether oxygens (including phenoxy) is 1. The Labute approximate surface area is 88.2 Å². The summed E-state index contributed by atoms with van der Waals surface area (Å²) in [5.74, 6) is 0. The summed E-state index contributed by atoms with van der Waals surface area (Å²) in [6, 6.07) is 0. The highest BCUT2D eigenvalue weighted by atomic mass is 19.1. The molecule has 5 atom stereocenters. The molecule has 1 aliphatic rings. The van der Waals surface area contributed by atoms with Gasteiger partial charge in [-0.25, -0.2) is 23.9 Å². The van der Waals surface area contributed by atoms with Gasteiger partial charge in [0.25, 0.3) is 0 Å². The van der Waals surface area contributed by atoms with Crippen molar-refractivity contribution in [3.05, 3.63) is 0 Å².